The number of hydrogen-bond donors (Lipinski definition) is 2. The highest BCUT2D eigenvalue weighted by Gasteiger charge is 2.27. The zero-order valence-electron chi connectivity index (χ0n) is 9.59. The standard InChI is InChI=1S/C12H22N2O/c1-9-4-2-3-5-11(9)14-12(15)10-6-7-13-8-10/h9-11,13H,2-8H2,1H3,(H,14,15)/t9?,10-,11?/m1/s1. The summed E-state index contributed by atoms with van der Waals surface area (Å²) in [5.41, 5.74) is 0. The van der Waals surface area contributed by atoms with E-state index in [0.717, 1.165) is 19.5 Å². The van der Waals surface area contributed by atoms with Crippen LogP contribution in [0.5, 0.6) is 0 Å². The summed E-state index contributed by atoms with van der Waals surface area (Å²) in [6, 6.07) is 0.437. The molecule has 0 spiro atoms. The second-order valence-corrected chi connectivity index (χ2v) is 5.07. The van der Waals surface area contributed by atoms with Gasteiger partial charge in [-0.2, -0.15) is 0 Å². The Morgan fingerprint density at radius 2 is 2.07 bits per heavy atom. The van der Waals surface area contributed by atoms with Gasteiger partial charge in [0, 0.05) is 12.6 Å². The molecular formula is C12H22N2O. The fraction of sp³-hybridized carbons (Fsp3) is 0.917. The second kappa shape index (κ2) is 4.97. The van der Waals surface area contributed by atoms with Crippen LogP contribution in [0.25, 0.3) is 0 Å². The van der Waals surface area contributed by atoms with Gasteiger partial charge in [0.25, 0.3) is 0 Å². The Balaban J connectivity index is 1.81. The maximum atomic E-state index is 11.9. The summed E-state index contributed by atoms with van der Waals surface area (Å²) in [6.07, 6.45) is 6.06. The molecule has 0 aromatic rings. The minimum atomic E-state index is 0.221. The average molecular weight is 210 g/mol. The summed E-state index contributed by atoms with van der Waals surface area (Å²) < 4.78 is 0. The van der Waals surface area contributed by atoms with Gasteiger partial charge in [-0.25, -0.2) is 0 Å². The van der Waals surface area contributed by atoms with Crippen molar-refractivity contribution in [1.82, 2.24) is 10.6 Å². The van der Waals surface area contributed by atoms with E-state index in [4.69, 9.17) is 0 Å². The molecule has 3 nitrogen and oxygen atoms in total. The van der Waals surface area contributed by atoms with Crippen molar-refractivity contribution in [2.75, 3.05) is 13.1 Å². The van der Waals surface area contributed by atoms with Crippen LogP contribution in [0.4, 0.5) is 0 Å². The van der Waals surface area contributed by atoms with Crippen LogP contribution in [0, 0.1) is 11.8 Å². The van der Waals surface area contributed by atoms with Gasteiger partial charge in [-0.05, 0) is 31.7 Å². The molecule has 15 heavy (non-hydrogen) atoms. The van der Waals surface area contributed by atoms with E-state index in [9.17, 15) is 4.79 Å². The van der Waals surface area contributed by atoms with E-state index >= 15 is 0 Å². The Labute approximate surface area is 92.0 Å². The van der Waals surface area contributed by atoms with Crippen LogP contribution in [-0.4, -0.2) is 25.0 Å². The Hall–Kier alpha value is -0.570. The summed E-state index contributed by atoms with van der Waals surface area (Å²) in [7, 11) is 0. The molecule has 3 atom stereocenters. The van der Waals surface area contributed by atoms with Gasteiger partial charge in [-0.3, -0.25) is 4.79 Å². The molecule has 86 valence electrons. The van der Waals surface area contributed by atoms with Crippen molar-refractivity contribution in [3.8, 4) is 0 Å². The Kier molecular flexibility index (Phi) is 3.62. The van der Waals surface area contributed by atoms with E-state index in [0.29, 0.717) is 12.0 Å². The molecule has 2 rings (SSSR count). The fourth-order valence-corrected chi connectivity index (χ4v) is 2.71. The van der Waals surface area contributed by atoms with Gasteiger partial charge >= 0.3 is 0 Å². The van der Waals surface area contributed by atoms with Crippen molar-refractivity contribution >= 4 is 5.91 Å². The van der Waals surface area contributed by atoms with E-state index in [2.05, 4.69) is 17.6 Å². The Bertz CT molecular complexity index is 224. The van der Waals surface area contributed by atoms with Crippen LogP contribution in [0.3, 0.4) is 0 Å². The number of carbonyl (C=O) groups is 1. The molecule has 3 heteroatoms. The highest BCUT2D eigenvalue weighted by Crippen LogP contribution is 2.24. The maximum Gasteiger partial charge on any atom is 0.224 e. The van der Waals surface area contributed by atoms with Gasteiger partial charge in [-0.1, -0.05) is 19.8 Å². The molecule has 2 N–H and O–H groups in total. The highest BCUT2D eigenvalue weighted by molar-refractivity contribution is 5.79. The topological polar surface area (TPSA) is 41.1 Å². The number of carbonyl (C=O) groups excluding carboxylic acids is 1. The van der Waals surface area contributed by atoms with E-state index < -0.39 is 0 Å². The molecule has 2 fully saturated rings. The molecule has 2 unspecified atom stereocenters. The predicted octanol–water partition coefficient (Wildman–Crippen LogP) is 1.29. The lowest BCUT2D eigenvalue weighted by molar-refractivity contribution is -0.125. The van der Waals surface area contributed by atoms with E-state index in [1.54, 1.807) is 0 Å². The Morgan fingerprint density at radius 1 is 1.27 bits per heavy atom. The summed E-state index contributed by atoms with van der Waals surface area (Å²) >= 11 is 0. The molecule has 0 bridgehead atoms. The molecule has 1 saturated heterocycles. The molecule has 1 aliphatic carbocycles. The van der Waals surface area contributed by atoms with Crippen LogP contribution in [0.15, 0.2) is 0 Å². The molecule has 2 aliphatic rings. The third-order valence-electron chi connectivity index (χ3n) is 3.87. The van der Waals surface area contributed by atoms with Crippen molar-refractivity contribution < 1.29 is 4.79 Å². The molecule has 1 amide bonds. The third-order valence-corrected chi connectivity index (χ3v) is 3.87. The zero-order valence-corrected chi connectivity index (χ0v) is 9.59. The summed E-state index contributed by atoms with van der Waals surface area (Å²) in [6.45, 7) is 4.13. The fourth-order valence-electron chi connectivity index (χ4n) is 2.71. The van der Waals surface area contributed by atoms with Gasteiger partial charge in [0.05, 0.1) is 5.92 Å². The SMILES string of the molecule is CC1CCCCC1NC(=O)[C@@H]1CCNC1. The number of hydrogen-bond acceptors (Lipinski definition) is 2. The van der Waals surface area contributed by atoms with E-state index in [-0.39, 0.29) is 11.8 Å². The first-order valence-corrected chi connectivity index (χ1v) is 6.28. The van der Waals surface area contributed by atoms with Gasteiger partial charge in [0.2, 0.25) is 5.91 Å². The van der Waals surface area contributed by atoms with Crippen molar-refractivity contribution in [3.05, 3.63) is 0 Å². The number of rotatable bonds is 2. The van der Waals surface area contributed by atoms with Crippen molar-refractivity contribution in [2.24, 2.45) is 11.8 Å². The average Bonchev–Trinajstić information content (AvgIpc) is 2.74. The largest absolute Gasteiger partial charge is 0.353 e. The maximum absolute atomic E-state index is 11.9. The highest BCUT2D eigenvalue weighted by atomic mass is 16.2. The van der Waals surface area contributed by atoms with Crippen molar-refractivity contribution in [1.29, 1.82) is 0 Å². The molecule has 1 aliphatic heterocycles. The van der Waals surface area contributed by atoms with Gasteiger partial charge in [-0.15, -0.1) is 0 Å². The van der Waals surface area contributed by atoms with Gasteiger partial charge in [0.15, 0.2) is 0 Å². The van der Waals surface area contributed by atoms with Crippen molar-refractivity contribution in [2.45, 2.75) is 45.1 Å². The third kappa shape index (κ3) is 2.71. The minimum absolute atomic E-state index is 0.221. The Morgan fingerprint density at radius 3 is 2.73 bits per heavy atom. The number of nitrogens with one attached hydrogen (secondary N) is 2. The lowest BCUT2D eigenvalue weighted by atomic mass is 9.85. The molecule has 0 aromatic heterocycles. The smallest absolute Gasteiger partial charge is 0.224 e. The molecule has 0 aromatic carbocycles. The summed E-state index contributed by atoms with van der Waals surface area (Å²) in [5.74, 6) is 1.16. The summed E-state index contributed by atoms with van der Waals surface area (Å²) in [4.78, 5) is 11.9. The first-order chi connectivity index (χ1) is 7.27. The van der Waals surface area contributed by atoms with Crippen LogP contribution in [-0.2, 0) is 4.79 Å². The van der Waals surface area contributed by atoms with Crippen molar-refractivity contribution in [3.63, 3.8) is 0 Å². The lowest BCUT2D eigenvalue weighted by Crippen LogP contribution is -2.44. The van der Waals surface area contributed by atoms with Crippen LogP contribution < -0.4 is 10.6 Å². The molecule has 1 heterocycles. The van der Waals surface area contributed by atoms with Gasteiger partial charge in [0.1, 0.15) is 0 Å². The summed E-state index contributed by atoms with van der Waals surface area (Å²) in [5, 5.41) is 6.47. The normalized spacial score (nSPS) is 36.5. The quantitative estimate of drug-likeness (QED) is 0.721. The molecular weight excluding hydrogens is 188 g/mol. The van der Waals surface area contributed by atoms with Crippen LogP contribution in [0.1, 0.15) is 39.0 Å². The van der Waals surface area contributed by atoms with Gasteiger partial charge < -0.3 is 10.6 Å². The lowest BCUT2D eigenvalue weighted by Gasteiger charge is -2.30. The first-order valence-electron chi connectivity index (χ1n) is 6.28. The zero-order chi connectivity index (χ0) is 10.7. The second-order valence-electron chi connectivity index (χ2n) is 5.07. The van der Waals surface area contributed by atoms with Crippen LogP contribution >= 0.6 is 0 Å². The van der Waals surface area contributed by atoms with Crippen LogP contribution in [0.2, 0.25) is 0 Å². The first kappa shape index (κ1) is 10.9. The monoisotopic (exact) mass is 210 g/mol. The molecule has 1 saturated carbocycles. The predicted molar refractivity (Wildman–Crippen MR) is 60.5 cm³/mol. The minimum Gasteiger partial charge on any atom is -0.353 e. The van der Waals surface area contributed by atoms with E-state index in [1.807, 2.05) is 0 Å². The number of amides is 1. The van der Waals surface area contributed by atoms with E-state index in [1.165, 1.54) is 25.7 Å². The molecule has 0 radical (unpaired) electrons.